The predicted molar refractivity (Wildman–Crippen MR) is 78.9 cm³/mol. The molecule has 0 amide bonds. The second kappa shape index (κ2) is 5.44. The molecule has 2 aromatic rings. The van der Waals surface area contributed by atoms with Gasteiger partial charge < -0.3 is 0 Å². The fraction of sp³-hybridized carbons (Fsp3) is 0.167. The Morgan fingerprint density at radius 1 is 0.762 bits per heavy atom. The van der Waals surface area contributed by atoms with Crippen LogP contribution < -0.4 is 0 Å². The van der Waals surface area contributed by atoms with E-state index in [4.69, 9.17) is 0 Å². The number of ketones is 3. The minimum atomic E-state index is -1.08. The summed E-state index contributed by atoms with van der Waals surface area (Å²) in [6.07, 6.45) is 0.384. The molecule has 3 heteroatoms. The Hall–Kier alpha value is -2.55. The zero-order valence-electron chi connectivity index (χ0n) is 11.4. The van der Waals surface area contributed by atoms with E-state index >= 15 is 0 Å². The number of carbonyl (C=O) groups excluding carboxylic acids is 3. The summed E-state index contributed by atoms with van der Waals surface area (Å²) < 4.78 is 0. The number of rotatable bonds is 3. The molecule has 0 atom stereocenters. The molecule has 104 valence electrons. The molecule has 1 fully saturated rings. The molecule has 0 unspecified atom stereocenters. The van der Waals surface area contributed by atoms with Crippen LogP contribution in [0.3, 0.4) is 0 Å². The topological polar surface area (TPSA) is 51.2 Å². The maximum absolute atomic E-state index is 12.3. The molecule has 21 heavy (non-hydrogen) atoms. The summed E-state index contributed by atoms with van der Waals surface area (Å²) in [6.45, 7) is 0. The van der Waals surface area contributed by atoms with Crippen LogP contribution in [0.4, 0.5) is 0 Å². The van der Waals surface area contributed by atoms with E-state index in [1.165, 1.54) is 0 Å². The van der Waals surface area contributed by atoms with E-state index < -0.39 is 5.92 Å². The van der Waals surface area contributed by atoms with Crippen molar-refractivity contribution in [2.45, 2.75) is 12.8 Å². The summed E-state index contributed by atoms with van der Waals surface area (Å²) in [4.78, 5) is 35.6. The van der Waals surface area contributed by atoms with Crippen molar-refractivity contribution in [2.75, 3.05) is 0 Å². The van der Waals surface area contributed by atoms with Gasteiger partial charge in [-0.15, -0.1) is 0 Å². The van der Waals surface area contributed by atoms with E-state index in [2.05, 4.69) is 0 Å². The van der Waals surface area contributed by atoms with Crippen LogP contribution in [-0.4, -0.2) is 17.3 Å². The van der Waals surface area contributed by atoms with E-state index in [1.807, 2.05) is 42.5 Å². The standard InChI is InChI=1S/C18H14O3/c19-15-10-11-16(20)17(15)18(21)14-8-6-13(7-9-14)12-4-2-1-3-5-12/h1-9,17H,10-11H2. The van der Waals surface area contributed by atoms with Gasteiger partial charge in [-0.25, -0.2) is 0 Å². The van der Waals surface area contributed by atoms with E-state index in [-0.39, 0.29) is 30.2 Å². The maximum atomic E-state index is 12.3. The molecular formula is C18H14O3. The fourth-order valence-electron chi connectivity index (χ4n) is 2.63. The Morgan fingerprint density at radius 2 is 1.29 bits per heavy atom. The van der Waals surface area contributed by atoms with Crippen LogP contribution >= 0.6 is 0 Å². The Bertz CT molecular complexity index is 683. The Labute approximate surface area is 122 Å². The number of carbonyl (C=O) groups is 3. The summed E-state index contributed by atoms with van der Waals surface area (Å²) in [5, 5.41) is 0. The van der Waals surface area contributed by atoms with Crippen molar-refractivity contribution in [1.29, 1.82) is 0 Å². The van der Waals surface area contributed by atoms with Gasteiger partial charge in [-0.05, 0) is 11.1 Å². The van der Waals surface area contributed by atoms with Gasteiger partial charge in [0.2, 0.25) is 0 Å². The first-order valence-electron chi connectivity index (χ1n) is 6.92. The quantitative estimate of drug-likeness (QED) is 0.640. The molecular weight excluding hydrogens is 264 g/mol. The molecule has 0 aromatic heterocycles. The van der Waals surface area contributed by atoms with Gasteiger partial charge in [-0.3, -0.25) is 14.4 Å². The molecule has 0 saturated heterocycles. The van der Waals surface area contributed by atoms with E-state index in [0.29, 0.717) is 5.56 Å². The molecule has 3 rings (SSSR count). The molecule has 0 heterocycles. The lowest BCUT2D eigenvalue weighted by atomic mass is 9.93. The van der Waals surface area contributed by atoms with Gasteiger partial charge in [0.25, 0.3) is 0 Å². The van der Waals surface area contributed by atoms with Crippen molar-refractivity contribution < 1.29 is 14.4 Å². The van der Waals surface area contributed by atoms with E-state index in [1.54, 1.807) is 12.1 Å². The second-order valence-corrected chi connectivity index (χ2v) is 5.17. The molecule has 3 nitrogen and oxygen atoms in total. The lowest BCUT2D eigenvalue weighted by Gasteiger charge is -2.07. The van der Waals surface area contributed by atoms with Crippen LogP contribution in [-0.2, 0) is 9.59 Å². The van der Waals surface area contributed by atoms with Crippen molar-refractivity contribution in [3.05, 3.63) is 60.2 Å². The van der Waals surface area contributed by atoms with Crippen LogP contribution in [0.15, 0.2) is 54.6 Å². The van der Waals surface area contributed by atoms with Crippen molar-refractivity contribution >= 4 is 17.3 Å². The first-order valence-corrected chi connectivity index (χ1v) is 6.92. The van der Waals surface area contributed by atoms with Crippen molar-refractivity contribution in [3.63, 3.8) is 0 Å². The van der Waals surface area contributed by atoms with Crippen LogP contribution in [0.5, 0.6) is 0 Å². The molecule has 1 saturated carbocycles. The molecule has 0 radical (unpaired) electrons. The van der Waals surface area contributed by atoms with Crippen LogP contribution in [0, 0.1) is 5.92 Å². The lowest BCUT2D eigenvalue weighted by molar-refractivity contribution is -0.125. The summed E-state index contributed by atoms with van der Waals surface area (Å²) in [5.41, 5.74) is 2.48. The Balaban J connectivity index is 1.86. The van der Waals surface area contributed by atoms with Gasteiger partial charge in [0, 0.05) is 18.4 Å². The third kappa shape index (κ3) is 2.55. The smallest absolute Gasteiger partial charge is 0.180 e. The lowest BCUT2D eigenvalue weighted by Crippen LogP contribution is -2.24. The number of hydrogen-bond acceptors (Lipinski definition) is 3. The number of benzene rings is 2. The van der Waals surface area contributed by atoms with Gasteiger partial charge in [0.1, 0.15) is 5.92 Å². The normalized spacial score (nSPS) is 15.4. The third-order valence-electron chi connectivity index (χ3n) is 3.80. The van der Waals surface area contributed by atoms with Gasteiger partial charge in [-0.1, -0.05) is 54.6 Å². The molecule has 0 aliphatic heterocycles. The van der Waals surface area contributed by atoms with Gasteiger partial charge in [-0.2, -0.15) is 0 Å². The number of hydrogen-bond donors (Lipinski definition) is 0. The zero-order chi connectivity index (χ0) is 14.8. The number of Topliss-reactive ketones (excluding diaryl/α,β-unsaturated/α-hetero) is 3. The summed E-state index contributed by atoms with van der Waals surface area (Å²) in [6, 6.07) is 16.9. The summed E-state index contributed by atoms with van der Waals surface area (Å²) in [7, 11) is 0. The largest absolute Gasteiger partial charge is 0.298 e. The molecule has 0 spiro atoms. The molecule has 0 N–H and O–H groups in total. The maximum Gasteiger partial charge on any atom is 0.180 e. The van der Waals surface area contributed by atoms with Gasteiger partial charge in [0.05, 0.1) is 0 Å². The summed E-state index contributed by atoms with van der Waals surface area (Å²) >= 11 is 0. The Morgan fingerprint density at radius 3 is 1.86 bits per heavy atom. The molecule has 2 aromatic carbocycles. The monoisotopic (exact) mass is 278 g/mol. The highest BCUT2D eigenvalue weighted by Crippen LogP contribution is 2.24. The first-order chi connectivity index (χ1) is 10.2. The van der Waals surface area contributed by atoms with Crippen molar-refractivity contribution in [3.8, 4) is 11.1 Å². The first kappa shape index (κ1) is 13.4. The highest BCUT2D eigenvalue weighted by molar-refractivity contribution is 6.27. The minimum absolute atomic E-state index is 0.192. The Kier molecular flexibility index (Phi) is 3.48. The fourth-order valence-corrected chi connectivity index (χ4v) is 2.63. The summed E-state index contributed by atoms with van der Waals surface area (Å²) in [5.74, 6) is -1.95. The molecule has 1 aliphatic rings. The second-order valence-electron chi connectivity index (χ2n) is 5.17. The molecule has 1 aliphatic carbocycles. The highest BCUT2D eigenvalue weighted by Gasteiger charge is 2.38. The van der Waals surface area contributed by atoms with Crippen LogP contribution in [0.1, 0.15) is 23.2 Å². The third-order valence-corrected chi connectivity index (χ3v) is 3.80. The zero-order valence-corrected chi connectivity index (χ0v) is 11.4. The van der Waals surface area contributed by atoms with E-state index in [9.17, 15) is 14.4 Å². The predicted octanol–water partition coefficient (Wildman–Crippen LogP) is 3.08. The van der Waals surface area contributed by atoms with Crippen molar-refractivity contribution in [2.24, 2.45) is 5.92 Å². The van der Waals surface area contributed by atoms with Crippen LogP contribution in [0.2, 0.25) is 0 Å². The highest BCUT2D eigenvalue weighted by atomic mass is 16.2. The average molecular weight is 278 g/mol. The SMILES string of the molecule is O=C1CCC(=O)C1C(=O)c1ccc(-c2ccccc2)cc1. The minimum Gasteiger partial charge on any atom is -0.298 e. The van der Waals surface area contributed by atoms with Crippen molar-refractivity contribution in [1.82, 2.24) is 0 Å². The average Bonchev–Trinajstić information content (AvgIpc) is 2.87. The van der Waals surface area contributed by atoms with E-state index in [0.717, 1.165) is 11.1 Å². The molecule has 0 bridgehead atoms. The van der Waals surface area contributed by atoms with Gasteiger partial charge in [0.15, 0.2) is 17.3 Å². The van der Waals surface area contributed by atoms with Crippen LogP contribution in [0.25, 0.3) is 11.1 Å². The van der Waals surface area contributed by atoms with Gasteiger partial charge >= 0.3 is 0 Å².